The zero-order valence-corrected chi connectivity index (χ0v) is 18.1. The van der Waals surface area contributed by atoms with Crippen LogP contribution in [0.1, 0.15) is 57.9 Å². The fourth-order valence-electron chi connectivity index (χ4n) is 4.20. The Morgan fingerprint density at radius 1 is 0.968 bits per heavy atom. The summed E-state index contributed by atoms with van der Waals surface area (Å²) >= 11 is 0. The van der Waals surface area contributed by atoms with E-state index in [0.29, 0.717) is 12.0 Å². The molecule has 1 saturated carbocycles. The number of benzene rings is 3. The predicted octanol–water partition coefficient (Wildman–Crippen LogP) is 5.47. The van der Waals surface area contributed by atoms with Crippen LogP contribution < -0.4 is 0 Å². The molecule has 3 aromatic carbocycles. The van der Waals surface area contributed by atoms with Gasteiger partial charge in [-0.25, -0.2) is 4.79 Å². The third kappa shape index (κ3) is 4.55. The van der Waals surface area contributed by atoms with Gasteiger partial charge in [-0.15, -0.1) is 0 Å². The van der Waals surface area contributed by atoms with Crippen molar-refractivity contribution in [1.29, 1.82) is 0 Å². The molecule has 0 unspecified atom stereocenters. The number of hydrogen-bond acceptors (Lipinski definition) is 2. The average molecular weight is 410 g/mol. The van der Waals surface area contributed by atoms with Crippen LogP contribution in [0.15, 0.2) is 72.8 Å². The molecule has 4 rings (SSSR count). The molecule has 0 aromatic heterocycles. The number of rotatable bonds is 6. The van der Waals surface area contributed by atoms with Crippen LogP contribution in [0.4, 0.5) is 0 Å². The molecule has 3 aromatic rings. The van der Waals surface area contributed by atoms with Crippen molar-refractivity contribution in [2.75, 3.05) is 7.05 Å². The molecule has 0 spiro atoms. The van der Waals surface area contributed by atoms with Crippen LogP contribution >= 0.6 is 0 Å². The monoisotopic (exact) mass is 409 g/mol. The molecule has 0 saturated heterocycles. The minimum absolute atomic E-state index is 0.129. The van der Waals surface area contributed by atoms with E-state index in [1.54, 1.807) is 12.1 Å². The number of hydrogen-bond donors (Lipinski definition) is 1. The van der Waals surface area contributed by atoms with Gasteiger partial charge in [0.05, 0.1) is 5.56 Å². The summed E-state index contributed by atoms with van der Waals surface area (Å²) in [7, 11) is 2.21. The molecule has 0 radical (unpaired) electrons. The van der Waals surface area contributed by atoms with E-state index in [1.807, 2.05) is 13.0 Å². The van der Waals surface area contributed by atoms with Crippen LogP contribution in [0, 0.1) is 11.8 Å². The standard InChI is InChI=1S/C28H27NO2/c1-3-24-19-22(13-16-26(24)27(30)31)10-9-21-11-14-25(15-12-21)28(17-18-28)29(2)20-23-7-5-4-6-8-23/h4-8,11-16,19H,3,17-18,20H2,1-2H3,(H,30,31). The lowest BCUT2D eigenvalue weighted by Crippen LogP contribution is -2.31. The first-order valence-corrected chi connectivity index (χ1v) is 10.8. The predicted molar refractivity (Wildman–Crippen MR) is 124 cm³/mol. The van der Waals surface area contributed by atoms with E-state index in [-0.39, 0.29) is 5.54 Å². The molecule has 1 aliphatic carbocycles. The van der Waals surface area contributed by atoms with Gasteiger partial charge in [0.2, 0.25) is 0 Å². The van der Waals surface area contributed by atoms with Crippen LogP contribution in [0.25, 0.3) is 0 Å². The molecular formula is C28H27NO2. The second-order valence-corrected chi connectivity index (χ2v) is 8.23. The Morgan fingerprint density at radius 3 is 2.23 bits per heavy atom. The number of aryl methyl sites for hydroxylation is 1. The molecule has 0 bridgehead atoms. The first kappa shape index (κ1) is 20.9. The zero-order valence-electron chi connectivity index (χ0n) is 18.1. The SMILES string of the molecule is CCc1cc(C#Cc2ccc(C3(N(C)Cc4ccccc4)CC3)cc2)ccc1C(=O)O. The van der Waals surface area contributed by atoms with Crippen LogP contribution in [0.2, 0.25) is 0 Å². The summed E-state index contributed by atoms with van der Waals surface area (Å²) in [6, 6.07) is 24.5. The third-order valence-electron chi connectivity index (χ3n) is 6.21. The minimum Gasteiger partial charge on any atom is -0.478 e. The van der Waals surface area contributed by atoms with Crippen molar-refractivity contribution in [2.45, 2.75) is 38.3 Å². The highest BCUT2D eigenvalue weighted by Crippen LogP contribution is 2.50. The lowest BCUT2D eigenvalue weighted by Gasteiger charge is -2.28. The van der Waals surface area contributed by atoms with Gasteiger partial charge in [0, 0.05) is 23.2 Å². The van der Waals surface area contributed by atoms with E-state index in [4.69, 9.17) is 0 Å². The summed E-state index contributed by atoms with van der Waals surface area (Å²) in [5.74, 6) is 5.51. The molecule has 0 amide bonds. The number of carbonyl (C=O) groups is 1. The second kappa shape index (κ2) is 8.79. The van der Waals surface area contributed by atoms with Gasteiger partial charge in [-0.05, 0) is 73.3 Å². The molecule has 156 valence electrons. The van der Waals surface area contributed by atoms with Crippen LogP contribution in [0.3, 0.4) is 0 Å². The van der Waals surface area contributed by atoms with E-state index >= 15 is 0 Å². The summed E-state index contributed by atoms with van der Waals surface area (Å²) < 4.78 is 0. The van der Waals surface area contributed by atoms with Gasteiger partial charge in [-0.1, -0.05) is 61.2 Å². The highest BCUT2D eigenvalue weighted by molar-refractivity contribution is 5.89. The Bertz CT molecular complexity index is 1130. The van der Waals surface area contributed by atoms with Crippen molar-refractivity contribution < 1.29 is 9.90 Å². The zero-order chi connectivity index (χ0) is 21.8. The fourth-order valence-corrected chi connectivity index (χ4v) is 4.20. The summed E-state index contributed by atoms with van der Waals surface area (Å²) in [6.07, 6.45) is 3.03. The minimum atomic E-state index is -0.891. The van der Waals surface area contributed by atoms with Gasteiger partial charge in [-0.3, -0.25) is 4.90 Å². The van der Waals surface area contributed by atoms with Gasteiger partial charge in [0.15, 0.2) is 0 Å². The van der Waals surface area contributed by atoms with Crippen molar-refractivity contribution in [1.82, 2.24) is 4.90 Å². The largest absolute Gasteiger partial charge is 0.478 e. The first-order valence-electron chi connectivity index (χ1n) is 10.8. The highest BCUT2D eigenvalue weighted by atomic mass is 16.4. The number of nitrogens with zero attached hydrogens (tertiary/aromatic N) is 1. The normalized spacial score (nSPS) is 14.0. The highest BCUT2D eigenvalue weighted by Gasteiger charge is 2.47. The second-order valence-electron chi connectivity index (χ2n) is 8.23. The summed E-state index contributed by atoms with van der Waals surface area (Å²) in [4.78, 5) is 13.8. The van der Waals surface area contributed by atoms with E-state index in [2.05, 4.69) is 78.4 Å². The van der Waals surface area contributed by atoms with Gasteiger partial charge >= 0.3 is 5.97 Å². The van der Waals surface area contributed by atoms with Gasteiger partial charge in [0.25, 0.3) is 0 Å². The van der Waals surface area contributed by atoms with Gasteiger partial charge < -0.3 is 5.11 Å². The quantitative estimate of drug-likeness (QED) is 0.549. The van der Waals surface area contributed by atoms with E-state index in [1.165, 1.54) is 24.0 Å². The smallest absolute Gasteiger partial charge is 0.335 e. The summed E-state index contributed by atoms with van der Waals surface area (Å²) in [5.41, 5.74) is 5.77. The van der Waals surface area contributed by atoms with Crippen molar-refractivity contribution in [2.24, 2.45) is 0 Å². The topological polar surface area (TPSA) is 40.5 Å². The maximum absolute atomic E-state index is 11.3. The van der Waals surface area contributed by atoms with E-state index in [9.17, 15) is 9.90 Å². The Kier molecular flexibility index (Phi) is 5.93. The lowest BCUT2D eigenvalue weighted by molar-refractivity contribution is 0.0695. The maximum Gasteiger partial charge on any atom is 0.335 e. The molecule has 1 N–H and O–H groups in total. The number of carboxylic acid groups (broad SMARTS) is 1. The molecule has 3 nitrogen and oxygen atoms in total. The molecule has 3 heteroatoms. The number of carboxylic acids is 1. The van der Waals surface area contributed by atoms with Crippen molar-refractivity contribution in [3.8, 4) is 11.8 Å². The Hall–Kier alpha value is -3.35. The molecule has 1 aliphatic rings. The summed E-state index contributed by atoms with van der Waals surface area (Å²) in [6.45, 7) is 2.90. The van der Waals surface area contributed by atoms with Crippen molar-refractivity contribution >= 4 is 5.97 Å². The van der Waals surface area contributed by atoms with Crippen LogP contribution in [-0.4, -0.2) is 23.0 Å². The molecule has 1 fully saturated rings. The fraction of sp³-hybridized carbons (Fsp3) is 0.250. The van der Waals surface area contributed by atoms with Crippen LogP contribution in [0.5, 0.6) is 0 Å². The van der Waals surface area contributed by atoms with Crippen molar-refractivity contribution in [3.63, 3.8) is 0 Å². The molecule has 0 heterocycles. The van der Waals surface area contributed by atoms with E-state index < -0.39 is 5.97 Å². The molecular weight excluding hydrogens is 382 g/mol. The lowest BCUT2D eigenvalue weighted by atomic mass is 10.00. The maximum atomic E-state index is 11.3. The third-order valence-corrected chi connectivity index (χ3v) is 6.21. The number of aromatic carboxylic acids is 1. The molecule has 0 aliphatic heterocycles. The van der Waals surface area contributed by atoms with E-state index in [0.717, 1.165) is 23.2 Å². The average Bonchev–Trinajstić information content (AvgIpc) is 3.60. The van der Waals surface area contributed by atoms with Gasteiger partial charge in [-0.2, -0.15) is 0 Å². The Morgan fingerprint density at radius 2 is 1.61 bits per heavy atom. The van der Waals surface area contributed by atoms with Crippen LogP contribution in [-0.2, 0) is 18.5 Å². The first-order chi connectivity index (χ1) is 15.0. The molecule has 0 atom stereocenters. The Labute approximate surface area is 184 Å². The van der Waals surface area contributed by atoms with Crippen molar-refractivity contribution in [3.05, 3.63) is 106 Å². The molecule has 31 heavy (non-hydrogen) atoms. The van der Waals surface area contributed by atoms with Gasteiger partial charge in [0.1, 0.15) is 0 Å². The summed E-state index contributed by atoms with van der Waals surface area (Å²) in [5, 5.41) is 9.27. The Balaban J connectivity index is 1.49.